The predicted octanol–water partition coefficient (Wildman–Crippen LogP) is 6.13. The summed E-state index contributed by atoms with van der Waals surface area (Å²) in [6.07, 6.45) is 1.80. The number of phenols is 1. The number of phenolic OH excluding ortho intramolecular Hbond substituents is 1. The topological polar surface area (TPSA) is 53.3 Å². The molecule has 0 aliphatic carbocycles. The van der Waals surface area contributed by atoms with E-state index in [4.69, 9.17) is 12.2 Å². The Morgan fingerprint density at radius 2 is 1.67 bits per heavy atom. The zero-order valence-corrected chi connectivity index (χ0v) is 20.6. The third-order valence-corrected chi connectivity index (χ3v) is 7.11. The summed E-state index contributed by atoms with van der Waals surface area (Å²) in [6.45, 7) is 4.23. The molecule has 5 nitrogen and oxygen atoms in total. The maximum atomic E-state index is 10.7. The van der Waals surface area contributed by atoms with Crippen molar-refractivity contribution in [2.24, 2.45) is 0 Å². The van der Waals surface area contributed by atoms with Crippen molar-refractivity contribution in [1.82, 2.24) is 14.9 Å². The maximum Gasteiger partial charge on any atom is 0.174 e. The van der Waals surface area contributed by atoms with Crippen molar-refractivity contribution in [3.8, 4) is 11.4 Å². The molecule has 2 aromatic carbocycles. The molecule has 1 fully saturated rings. The Morgan fingerprint density at radius 3 is 2.36 bits per heavy atom. The summed E-state index contributed by atoms with van der Waals surface area (Å²) >= 11 is 9.50. The van der Waals surface area contributed by atoms with Gasteiger partial charge in [0.05, 0.1) is 29.2 Å². The van der Waals surface area contributed by atoms with Crippen LogP contribution < -0.4 is 10.2 Å². The molecule has 5 rings (SSSR count). The first-order chi connectivity index (χ1) is 16.0. The minimum absolute atomic E-state index is 0.175. The molecular formula is C26H23BrN4OS. The highest BCUT2D eigenvalue weighted by Crippen LogP contribution is 2.46. The number of anilines is 1. The Morgan fingerprint density at radius 1 is 0.970 bits per heavy atom. The van der Waals surface area contributed by atoms with Gasteiger partial charge in [0.15, 0.2) is 5.11 Å². The summed E-state index contributed by atoms with van der Waals surface area (Å²) in [5.41, 5.74) is 5.99. The van der Waals surface area contributed by atoms with Crippen LogP contribution in [0.2, 0.25) is 0 Å². The van der Waals surface area contributed by atoms with Crippen LogP contribution >= 0.6 is 28.1 Å². The standard InChI is InChI=1S/C26H23BrN4OS/c1-16-15-18(17(2)30(16)21-11-4-3-9-19(21)27)25-24(20-10-7-8-14-28-20)29-26(33)31(25)22-12-5-6-13-23(22)32/h3-15,24-25,32H,1-2H3,(H,29,33)/t24-,25-/m1/s1. The second-order valence-electron chi connectivity index (χ2n) is 8.10. The molecule has 4 aromatic rings. The summed E-state index contributed by atoms with van der Waals surface area (Å²) in [5, 5.41) is 14.7. The van der Waals surface area contributed by atoms with Gasteiger partial charge in [0, 0.05) is 22.1 Å². The van der Waals surface area contributed by atoms with Crippen molar-refractivity contribution in [2.45, 2.75) is 25.9 Å². The van der Waals surface area contributed by atoms with Crippen molar-refractivity contribution in [3.05, 3.63) is 106 Å². The molecule has 3 heterocycles. The average molecular weight is 519 g/mol. The fourth-order valence-corrected chi connectivity index (χ4v) is 5.49. The van der Waals surface area contributed by atoms with Crippen molar-refractivity contribution >= 4 is 38.9 Å². The molecule has 0 radical (unpaired) electrons. The van der Waals surface area contributed by atoms with E-state index in [1.165, 1.54) is 0 Å². The molecule has 1 aliphatic rings. The van der Waals surface area contributed by atoms with E-state index in [0.29, 0.717) is 10.8 Å². The van der Waals surface area contributed by atoms with E-state index < -0.39 is 0 Å². The van der Waals surface area contributed by atoms with Crippen molar-refractivity contribution < 1.29 is 5.11 Å². The molecule has 1 aliphatic heterocycles. The summed E-state index contributed by atoms with van der Waals surface area (Å²) in [4.78, 5) is 6.64. The first kappa shape index (κ1) is 21.7. The van der Waals surface area contributed by atoms with Crippen LogP contribution in [0.15, 0.2) is 83.5 Å². The van der Waals surface area contributed by atoms with Crippen LogP contribution in [0.1, 0.15) is 34.7 Å². The van der Waals surface area contributed by atoms with Gasteiger partial charge in [-0.2, -0.15) is 0 Å². The van der Waals surface area contributed by atoms with Gasteiger partial charge < -0.3 is 19.9 Å². The normalized spacial score (nSPS) is 17.9. The van der Waals surface area contributed by atoms with Gasteiger partial charge in [-0.1, -0.05) is 30.3 Å². The first-order valence-electron chi connectivity index (χ1n) is 10.7. The minimum Gasteiger partial charge on any atom is -0.506 e. The Bertz CT molecular complexity index is 1340. The number of aryl methyl sites for hydroxylation is 1. The Hall–Kier alpha value is -3.16. The molecule has 0 unspecified atom stereocenters. The number of aromatic hydroxyl groups is 1. The van der Waals surface area contributed by atoms with Crippen LogP contribution in [0, 0.1) is 13.8 Å². The van der Waals surface area contributed by atoms with Crippen molar-refractivity contribution in [1.29, 1.82) is 0 Å². The maximum absolute atomic E-state index is 10.7. The molecule has 0 spiro atoms. The van der Waals surface area contributed by atoms with Gasteiger partial charge in [-0.05, 0) is 90.0 Å². The molecule has 33 heavy (non-hydrogen) atoms. The quantitative estimate of drug-likeness (QED) is 0.318. The van der Waals surface area contributed by atoms with Gasteiger partial charge in [0.2, 0.25) is 0 Å². The highest BCUT2D eigenvalue weighted by Gasteiger charge is 2.43. The van der Waals surface area contributed by atoms with Crippen molar-refractivity contribution in [3.63, 3.8) is 0 Å². The van der Waals surface area contributed by atoms with Crippen LogP contribution in [0.25, 0.3) is 5.69 Å². The van der Waals surface area contributed by atoms with Crippen LogP contribution in [-0.4, -0.2) is 19.8 Å². The minimum atomic E-state index is -0.192. The van der Waals surface area contributed by atoms with E-state index in [2.05, 4.69) is 56.8 Å². The lowest BCUT2D eigenvalue weighted by Gasteiger charge is -2.28. The molecule has 1 saturated heterocycles. The molecule has 2 N–H and O–H groups in total. The van der Waals surface area contributed by atoms with Crippen LogP contribution in [0.3, 0.4) is 0 Å². The highest BCUT2D eigenvalue weighted by atomic mass is 79.9. The number of para-hydroxylation sites is 3. The van der Waals surface area contributed by atoms with Crippen LogP contribution in [-0.2, 0) is 0 Å². The van der Waals surface area contributed by atoms with E-state index in [9.17, 15) is 5.11 Å². The van der Waals surface area contributed by atoms with Gasteiger partial charge in [-0.15, -0.1) is 0 Å². The predicted molar refractivity (Wildman–Crippen MR) is 139 cm³/mol. The largest absolute Gasteiger partial charge is 0.506 e. The lowest BCUT2D eigenvalue weighted by Crippen LogP contribution is -2.29. The number of nitrogens with zero attached hydrogens (tertiary/aromatic N) is 3. The Kier molecular flexibility index (Phi) is 5.68. The van der Waals surface area contributed by atoms with Gasteiger partial charge in [0.25, 0.3) is 0 Å². The summed E-state index contributed by atoms with van der Waals surface area (Å²) < 4.78 is 3.27. The molecule has 2 atom stereocenters. The highest BCUT2D eigenvalue weighted by molar-refractivity contribution is 9.10. The second kappa shape index (κ2) is 8.65. The first-order valence-corrected chi connectivity index (χ1v) is 11.9. The summed E-state index contributed by atoms with van der Waals surface area (Å²) in [7, 11) is 0. The number of hydrogen-bond donors (Lipinski definition) is 2. The van der Waals surface area contributed by atoms with Crippen LogP contribution in [0.4, 0.5) is 5.69 Å². The van der Waals surface area contributed by atoms with E-state index in [-0.39, 0.29) is 17.8 Å². The van der Waals surface area contributed by atoms with Gasteiger partial charge >= 0.3 is 0 Å². The smallest absolute Gasteiger partial charge is 0.174 e. The van der Waals surface area contributed by atoms with Gasteiger partial charge in [0.1, 0.15) is 5.75 Å². The van der Waals surface area contributed by atoms with E-state index in [1.807, 2.05) is 59.5 Å². The average Bonchev–Trinajstić information content (AvgIpc) is 3.30. The fourth-order valence-electron chi connectivity index (χ4n) is 4.69. The lowest BCUT2D eigenvalue weighted by molar-refractivity contribution is 0.472. The number of pyridine rings is 1. The molecule has 0 saturated carbocycles. The molecule has 2 aromatic heterocycles. The number of benzene rings is 2. The van der Waals surface area contributed by atoms with Crippen LogP contribution in [0.5, 0.6) is 5.75 Å². The fraction of sp³-hybridized carbons (Fsp3) is 0.154. The SMILES string of the molecule is Cc1cc([C@@H]2[C@@H](c3ccccn3)NC(=S)N2c2ccccc2O)c(C)n1-c1ccccc1Br. The second-order valence-corrected chi connectivity index (χ2v) is 9.34. The Balaban J connectivity index is 1.71. The number of hydrogen-bond acceptors (Lipinski definition) is 3. The zero-order chi connectivity index (χ0) is 23.1. The number of nitrogens with one attached hydrogen (secondary N) is 1. The molecule has 0 amide bonds. The third-order valence-electron chi connectivity index (χ3n) is 6.12. The zero-order valence-electron chi connectivity index (χ0n) is 18.2. The van der Waals surface area contributed by atoms with E-state index >= 15 is 0 Å². The van der Waals surface area contributed by atoms with E-state index in [1.54, 1.807) is 12.3 Å². The van der Waals surface area contributed by atoms with Crippen molar-refractivity contribution in [2.75, 3.05) is 4.90 Å². The lowest BCUT2D eigenvalue weighted by atomic mass is 9.96. The van der Waals surface area contributed by atoms with E-state index in [0.717, 1.165) is 32.8 Å². The monoisotopic (exact) mass is 518 g/mol. The number of rotatable bonds is 4. The number of halogens is 1. The molecule has 166 valence electrons. The molecule has 7 heteroatoms. The van der Waals surface area contributed by atoms with Gasteiger partial charge in [-0.3, -0.25) is 4.98 Å². The number of thiocarbonyl (C=S) groups is 1. The summed E-state index contributed by atoms with van der Waals surface area (Å²) in [5.74, 6) is 0.188. The molecular weight excluding hydrogens is 496 g/mol. The third kappa shape index (κ3) is 3.71. The number of aromatic nitrogens is 2. The van der Waals surface area contributed by atoms with Gasteiger partial charge in [-0.25, -0.2) is 0 Å². The summed E-state index contributed by atoms with van der Waals surface area (Å²) in [6, 6.07) is 23.2. The molecule has 0 bridgehead atoms. The Labute approximate surface area is 206 Å².